The molecule has 2 aliphatic rings. The molecule has 7 nitrogen and oxygen atoms in total. The number of sulfone groups is 1. The second kappa shape index (κ2) is 7.05. The summed E-state index contributed by atoms with van der Waals surface area (Å²) in [6.07, 6.45) is 1.63. The van der Waals surface area contributed by atoms with Crippen molar-refractivity contribution in [3.05, 3.63) is 30.3 Å². The van der Waals surface area contributed by atoms with Gasteiger partial charge < -0.3 is 5.32 Å². The molecule has 2 atom stereocenters. The molecule has 2 aliphatic heterocycles. The number of carbonyl (C=O) groups excluding carboxylic acids is 1. The van der Waals surface area contributed by atoms with E-state index in [9.17, 15) is 21.6 Å². The summed E-state index contributed by atoms with van der Waals surface area (Å²) in [5.41, 5.74) is 0. The summed E-state index contributed by atoms with van der Waals surface area (Å²) in [6, 6.07) is 7.81. The Labute approximate surface area is 148 Å². The van der Waals surface area contributed by atoms with Crippen molar-refractivity contribution in [3.8, 4) is 0 Å². The Morgan fingerprint density at radius 1 is 1.16 bits per heavy atom. The first-order valence-electron chi connectivity index (χ1n) is 8.34. The third-order valence-electron chi connectivity index (χ3n) is 4.71. The van der Waals surface area contributed by atoms with Gasteiger partial charge in [-0.05, 0) is 31.4 Å². The highest BCUT2D eigenvalue weighted by molar-refractivity contribution is 7.91. The van der Waals surface area contributed by atoms with Gasteiger partial charge in [0.15, 0.2) is 9.84 Å². The van der Waals surface area contributed by atoms with Crippen LogP contribution in [0.1, 0.15) is 19.3 Å². The molecule has 1 N–H and O–H groups in total. The normalized spacial score (nSPS) is 27.0. The van der Waals surface area contributed by atoms with E-state index in [4.69, 9.17) is 0 Å². The Morgan fingerprint density at radius 3 is 2.52 bits per heavy atom. The van der Waals surface area contributed by atoms with Crippen LogP contribution in [0, 0.1) is 5.92 Å². The fraction of sp³-hybridized carbons (Fsp3) is 0.562. The molecule has 3 rings (SSSR count). The molecular formula is C16H22N2O5S2. The van der Waals surface area contributed by atoms with Gasteiger partial charge in [-0.1, -0.05) is 18.2 Å². The topological polar surface area (TPSA) is 101 Å². The molecule has 2 saturated heterocycles. The molecular weight excluding hydrogens is 364 g/mol. The molecule has 1 aromatic carbocycles. The molecule has 9 heteroatoms. The number of carbonyl (C=O) groups is 1. The van der Waals surface area contributed by atoms with E-state index >= 15 is 0 Å². The van der Waals surface area contributed by atoms with Crippen molar-refractivity contribution in [1.82, 2.24) is 9.62 Å². The summed E-state index contributed by atoms with van der Waals surface area (Å²) >= 11 is 0. The van der Waals surface area contributed by atoms with E-state index in [0.717, 1.165) is 0 Å². The van der Waals surface area contributed by atoms with E-state index in [-0.39, 0.29) is 34.9 Å². The molecule has 2 fully saturated rings. The van der Waals surface area contributed by atoms with Crippen molar-refractivity contribution >= 4 is 25.8 Å². The first kappa shape index (κ1) is 18.3. The van der Waals surface area contributed by atoms with Crippen molar-refractivity contribution < 1.29 is 21.6 Å². The zero-order valence-corrected chi connectivity index (χ0v) is 15.4. The molecule has 0 aliphatic carbocycles. The molecule has 0 bridgehead atoms. The quantitative estimate of drug-likeness (QED) is 0.807. The van der Waals surface area contributed by atoms with E-state index in [1.54, 1.807) is 30.3 Å². The van der Waals surface area contributed by atoms with Crippen LogP contribution in [0.4, 0.5) is 0 Å². The fourth-order valence-corrected chi connectivity index (χ4v) is 6.56. The Balaban J connectivity index is 1.66. The minimum absolute atomic E-state index is 0.0303. The van der Waals surface area contributed by atoms with E-state index in [2.05, 4.69) is 5.32 Å². The van der Waals surface area contributed by atoms with Crippen molar-refractivity contribution in [1.29, 1.82) is 0 Å². The van der Waals surface area contributed by atoms with Gasteiger partial charge in [-0.2, -0.15) is 4.31 Å². The van der Waals surface area contributed by atoms with Gasteiger partial charge >= 0.3 is 0 Å². The molecule has 2 heterocycles. The maximum atomic E-state index is 12.7. The number of piperidine rings is 1. The highest BCUT2D eigenvalue weighted by Gasteiger charge is 2.35. The van der Waals surface area contributed by atoms with E-state index < -0.39 is 25.8 Å². The second-order valence-electron chi connectivity index (χ2n) is 6.62. The zero-order valence-electron chi connectivity index (χ0n) is 13.8. The first-order chi connectivity index (χ1) is 11.8. The van der Waals surface area contributed by atoms with Gasteiger partial charge in [-0.25, -0.2) is 16.8 Å². The van der Waals surface area contributed by atoms with Gasteiger partial charge in [0.1, 0.15) is 0 Å². The van der Waals surface area contributed by atoms with Gasteiger partial charge in [0.05, 0.1) is 22.3 Å². The number of rotatable bonds is 4. The number of benzene rings is 1. The average molecular weight is 386 g/mol. The SMILES string of the molecule is O=C(N[C@@H]1CCS(=O)(=O)C1)[C@@H]1CCCN(S(=O)(=O)c2ccccc2)C1. The molecule has 0 spiro atoms. The van der Waals surface area contributed by atoms with Crippen LogP contribution in [-0.2, 0) is 24.7 Å². The summed E-state index contributed by atoms with van der Waals surface area (Å²) in [7, 11) is -6.68. The Bertz CT molecular complexity index is 837. The Hall–Kier alpha value is -1.45. The smallest absolute Gasteiger partial charge is 0.243 e. The zero-order chi connectivity index (χ0) is 18.1. The third-order valence-corrected chi connectivity index (χ3v) is 8.36. The number of amides is 1. The van der Waals surface area contributed by atoms with Crippen LogP contribution in [0.5, 0.6) is 0 Å². The first-order valence-corrected chi connectivity index (χ1v) is 11.6. The minimum Gasteiger partial charge on any atom is -0.352 e. The maximum Gasteiger partial charge on any atom is 0.243 e. The van der Waals surface area contributed by atoms with Crippen LogP contribution in [0.3, 0.4) is 0 Å². The van der Waals surface area contributed by atoms with E-state index in [0.29, 0.717) is 25.8 Å². The monoisotopic (exact) mass is 386 g/mol. The van der Waals surface area contributed by atoms with Crippen LogP contribution >= 0.6 is 0 Å². The molecule has 0 radical (unpaired) electrons. The lowest BCUT2D eigenvalue weighted by molar-refractivity contribution is -0.126. The maximum absolute atomic E-state index is 12.7. The standard InChI is InChI=1S/C16H22N2O5S2/c19-16(17-14-8-10-24(20,21)12-14)13-5-4-9-18(11-13)25(22,23)15-6-2-1-3-7-15/h1-3,6-7,13-14H,4-5,8-12H2,(H,17,19)/t13-,14-/m1/s1. The highest BCUT2D eigenvalue weighted by atomic mass is 32.2. The van der Waals surface area contributed by atoms with E-state index in [1.807, 2.05) is 0 Å². The molecule has 0 saturated carbocycles. The Kier molecular flexibility index (Phi) is 5.17. The molecule has 138 valence electrons. The van der Waals surface area contributed by atoms with Crippen LogP contribution < -0.4 is 5.32 Å². The average Bonchev–Trinajstić information content (AvgIpc) is 2.94. The van der Waals surface area contributed by atoms with Crippen molar-refractivity contribution in [3.63, 3.8) is 0 Å². The molecule has 0 aromatic heterocycles. The number of sulfonamides is 1. The summed E-state index contributed by atoms with van der Waals surface area (Å²) in [5.74, 6) is -0.639. The second-order valence-corrected chi connectivity index (χ2v) is 10.8. The fourth-order valence-electron chi connectivity index (χ4n) is 3.34. The van der Waals surface area contributed by atoms with Crippen molar-refractivity contribution in [2.24, 2.45) is 5.92 Å². The number of nitrogens with one attached hydrogen (secondary N) is 1. The van der Waals surface area contributed by atoms with Crippen LogP contribution in [0.15, 0.2) is 35.2 Å². The lowest BCUT2D eigenvalue weighted by Crippen LogP contribution is -2.47. The summed E-state index contributed by atoms with van der Waals surface area (Å²) < 4.78 is 49.7. The molecule has 25 heavy (non-hydrogen) atoms. The van der Waals surface area contributed by atoms with Crippen molar-refractivity contribution in [2.75, 3.05) is 24.6 Å². The summed E-state index contributed by atoms with van der Waals surface area (Å²) in [4.78, 5) is 12.7. The summed E-state index contributed by atoms with van der Waals surface area (Å²) in [5, 5.41) is 2.78. The van der Waals surface area contributed by atoms with Gasteiger partial charge in [0, 0.05) is 19.1 Å². The lowest BCUT2D eigenvalue weighted by Gasteiger charge is -2.31. The molecule has 1 amide bonds. The molecule has 0 unspecified atom stereocenters. The highest BCUT2D eigenvalue weighted by Crippen LogP contribution is 2.24. The number of nitrogens with zero attached hydrogens (tertiary/aromatic N) is 1. The van der Waals surface area contributed by atoms with Crippen molar-refractivity contribution in [2.45, 2.75) is 30.2 Å². The van der Waals surface area contributed by atoms with Gasteiger partial charge in [-0.15, -0.1) is 0 Å². The van der Waals surface area contributed by atoms with Crippen LogP contribution in [0.25, 0.3) is 0 Å². The van der Waals surface area contributed by atoms with Gasteiger partial charge in [0.2, 0.25) is 15.9 Å². The molecule has 1 aromatic rings. The van der Waals surface area contributed by atoms with Gasteiger partial charge in [-0.3, -0.25) is 4.79 Å². The predicted molar refractivity (Wildman–Crippen MR) is 93.1 cm³/mol. The van der Waals surface area contributed by atoms with Crippen LogP contribution in [-0.4, -0.2) is 57.7 Å². The predicted octanol–water partition coefficient (Wildman–Crippen LogP) is 0.391. The lowest BCUT2D eigenvalue weighted by atomic mass is 9.98. The number of hydrogen-bond donors (Lipinski definition) is 1. The third kappa shape index (κ3) is 4.21. The Morgan fingerprint density at radius 2 is 1.88 bits per heavy atom. The minimum atomic E-state index is -3.62. The summed E-state index contributed by atoms with van der Waals surface area (Å²) in [6.45, 7) is 0.515. The van der Waals surface area contributed by atoms with Gasteiger partial charge in [0.25, 0.3) is 0 Å². The largest absolute Gasteiger partial charge is 0.352 e. The number of hydrogen-bond acceptors (Lipinski definition) is 5. The van der Waals surface area contributed by atoms with E-state index in [1.165, 1.54) is 4.31 Å². The van der Waals surface area contributed by atoms with Crippen LogP contribution in [0.2, 0.25) is 0 Å².